The van der Waals surface area contributed by atoms with Crippen LogP contribution in [0, 0.1) is 5.82 Å². The number of carbonyl (C=O) groups excluding carboxylic acids is 1. The molecule has 0 saturated carbocycles. The summed E-state index contributed by atoms with van der Waals surface area (Å²) in [4.78, 5) is 11.9. The summed E-state index contributed by atoms with van der Waals surface area (Å²) < 4.78 is 37.9. The highest BCUT2D eigenvalue weighted by molar-refractivity contribution is 7.88. The molecule has 0 aliphatic rings. The number of halogens is 1. The van der Waals surface area contributed by atoms with Gasteiger partial charge in [-0.05, 0) is 12.5 Å². The van der Waals surface area contributed by atoms with E-state index in [2.05, 4.69) is 5.32 Å². The van der Waals surface area contributed by atoms with Gasteiger partial charge in [0.2, 0.25) is 15.9 Å². The summed E-state index contributed by atoms with van der Waals surface area (Å²) in [6.45, 7) is 2.14. The van der Waals surface area contributed by atoms with E-state index in [1.165, 1.54) is 6.07 Å². The van der Waals surface area contributed by atoms with E-state index in [9.17, 15) is 17.6 Å². The summed E-state index contributed by atoms with van der Waals surface area (Å²) in [6.07, 6.45) is 3.67. The lowest BCUT2D eigenvalue weighted by Gasteiger charge is -2.19. The molecule has 0 spiro atoms. The third-order valence-electron chi connectivity index (χ3n) is 3.23. The van der Waals surface area contributed by atoms with Gasteiger partial charge in [0, 0.05) is 18.7 Å². The minimum absolute atomic E-state index is 0.0398. The second-order valence-corrected chi connectivity index (χ2v) is 7.15. The zero-order valence-corrected chi connectivity index (χ0v) is 13.8. The Bertz CT molecular complexity index is 590. The number of rotatable bonds is 9. The standard InChI is InChI=1S/C15H23FN2O3S/c1-3-4-7-10-18(22(2,20)21)12-15(19)17-11-13-8-5-6-9-14(13)16/h5-6,8-9H,3-4,7,10-12H2,1-2H3,(H,17,19). The van der Waals surface area contributed by atoms with Crippen molar-refractivity contribution in [2.75, 3.05) is 19.3 Å². The van der Waals surface area contributed by atoms with E-state index < -0.39 is 21.7 Å². The monoisotopic (exact) mass is 330 g/mol. The van der Waals surface area contributed by atoms with Gasteiger partial charge < -0.3 is 5.32 Å². The maximum Gasteiger partial charge on any atom is 0.235 e. The topological polar surface area (TPSA) is 66.5 Å². The molecule has 0 unspecified atom stereocenters. The van der Waals surface area contributed by atoms with Crippen molar-refractivity contribution >= 4 is 15.9 Å². The molecule has 124 valence electrons. The fourth-order valence-electron chi connectivity index (χ4n) is 1.95. The van der Waals surface area contributed by atoms with E-state index in [1.54, 1.807) is 18.2 Å². The predicted octanol–water partition coefficient (Wildman–Crippen LogP) is 1.89. The maximum absolute atomic E-state index is 13.4. The zero-order valence-electron chi connectivity index (χ0n) is 13.0. The van der Waals surface area contributed by atoms with Crippen molar-refractivity contribution in [2.45, 2.75) is 32.7 Å². The maximum atomic E-state index is 13.4. The van der Waals surface area contributed by atoms with Crippen LogP contribution in [0.25, 0.3) is 0 Å². The molecular weight excluding hydrogens is 307 g/mol. The minimum Gasteiger partial charge on any atom is -0.351 e. The molecule has 1 aromatic carbocycles. The fraction of sp³-hybridized carbons (Fsp3) is 0.533. The molecule has 1 amide bonds. The fourth-order valence-corrected chi connectivity index (χ4v) is 2.76. The Balaban J connectivity index is 2.54. The van der Waals surface area contributed by atoms with Gasteiger partial charge in [-0.25, -0.2) is 12.8 Å². The molecule has 5 nitrogen and oxygen atoms in total. The van der Waals surface area contributed by atoms with Crippen molar-refractivity contribution in [1.82, 2.24) is 9.62 Å². The van der Waals surface area contributed by atoms with Crippen LogP contribution in [0.3, 0.4) is 0 Å². The van der Waals surface area contributed by atoms with Crippen LogP contribution in [0.1, 0.15) is 31.7 Å². The number of unbranched alkanes of at least 4 members (excludes halogenated alkanes) is 2. The minimum atomic E-state index is -3.43. The normalized spacial score (nSPS) is 11.6. The van der Waals surface area contributed by atoms with Crippen LogP contribution in [0.15, 0.2) is 24.3 Å². The van der Waals surface area contributed by atoms with Gasteiger partial charge in [-0.15, -0.1) is 0 Å². The molecule has 0 heterocycles. The highest BCUT2D eigenvalue weighted by Gasteiger charge is 2.19. The van der Waals surface area contributed by atoms with E-state index in [4.69, 9.17) is 0 Å². The number of nitrogens with zero attached hydrogens (tertiary/aromatic N) is 1. The second-order valence-electron chi connectivity index (χ2n) is 5.17. The second kappa shape index (κ2) is 8.85. The summed E-state index contributed by atoms with van der Waals surface area (Å²) in [5.41, 5.74) is 0.368. The van der Waals surface area contributed by atoms with Crippen molar-refractivity contribution < 1.29 is 17.6 Å². The van der Waals surface area contributed by atoms with E-state index >= 15 is 0 Å². The average Bonchev–Trinajstić information content (AvgIpc) is 2.44. The van der Waals surface area contributed by atoms with Crippen molar-refractivity contribution in [3.63, 3.8) is 0 Å². The van der Waals surface area contributed by atoms with Crippen LogP contribution >= 0.6 is 0 Å². The highest BCUT2D eigenvalue weighted by atomic mass is 32.2. The van der Waals surface area contributed by atoms with Crippen LogP contribution in [-0.2, 0) is 21.4 Å². The Labute approximate surface area is 131 Å². The third-order valence-corrected chi connectivity index (χ3v) is 4.48. The first kappa shape index (κ1) is 18.6. The zero-order chi connectivity index (χ0) is 16.6. The molecule has 0 aliphatic heterocycles. The first-order valence-corrected chi connectivity index (χ1v) is 9.14. The summed E-state index contributed by atoms with van der Waals surface area (Å²) in [7, 11) is -3.43. The third kappa shape index (κ3) is 6.53. The van der Waals surface area contributed by atoms with E-state index in [0.717, 1.165) is 23.4 Å². The first-order valence-electron chi connectivity index (χ1n) is 7.29. The van der Waals surface area contributed by atoms with Gasteiger partial charge in [0.15, 0.2) is 0 Å². The van der Waals surface area contributed by atoms with Crippen LogP contribution in [0.4, 0.5) is 4.39 Å². The van der Waals surface area contributed by atoms with Crippen LogP contribution in [0.5, 0.6) is 0 Å². The van der Waals surface area contributed by atoms with Gasteiger partial charge in [-0.1, -0.05) is 38.0 Å². The quantitative estimate of drug-likeness (QED) is 0.703. The first-order chi connectivity index (χ1) is 10.3. The number of amides is 1. The molecule has 1 N–H and O–H groups in total. The smallest absolute Gasteiger partial charge is 0.235 e. The van der Waals surface area contributed by atoms with Crippen LogP contribution in [-0.4, -0.2) is 38.0 Å². The molecule has 0 fully saturated rings. The number of hydrogen-bond donors (Lipinski definition) is 1. The molecule has 0 radical (unpaired) electrons. The number of hydrogen-bond acceptors (Lipinski definition) is 3. The number of sulfonamides is 1. The van der Waals surface area contributed by atoms with Crippen molar-refractivity contribution in [2.24, 2.45) is 0 Å². The summed E-state index contributed by atoms with van der Waals surface area (Å²) in [5.74, 6) is -0.837. The lowest BCUT2D eigenvalue weighted by molar-refractivity contribution is -0.121. The lowest BCUT2D eigenvalue weighted by Crippen LogP contribution is -2.40. The Hall–Kier alpha value is -1.47. The van der Waals surface area contributed by atoms with E-state index in [1.807, 2.05) is 6.92 Å². The van der Waals surface area contributed by atoms with Gasteiger partial charge >= 0.3 is 0 Å². The SMILES string of the molecule is CCCCCN(CC(=O)NCc1ccccc1F)S(C)(=O)=O. The molecule has 0 aromatic heterocycles. The molecule has 0 bridgehead atoms. The molecule has 1 aromatic rings. The molecule has 1 rings (SSSR count). The number of nitrogens with one attached hydrogen (secondary N) is 1. The van der Waals surface area contributed by atoms with Gasteiger partial charge in [-0.3, -0.25) is 4.79 Å². The lowest BCUT2D eigenvalue weighted by atomic mass is 10.2. The van der Waals surface area contributed by atoms with Crippen molar-refractivity contribution in [3.05, 3.63) is 35.6 Å². The highest BCUT2D eigenvalue weighted by Crippen LogP contribution is 2.06. The largest absolute Gasteiger partial charge is 0.351 e. The summed E-state index contributed by atoms with van der Waals surface area (Å²) in [5, 5.41) is 2.55. The van der Waals surface area contributed by atoms with Gasteiger partial charge in [0.25, 0.3) is 0 Å². The van der Waals surface area contributed by atoms with E-state index in [-0.39, 0.29) is 13.1 Å². The Morgan fingerprint density at radius 3 is 2.55 bits per heavy atom. The van der Waals surface area contributed by atoms with Crippen molar-refractivity contribution in [3.8, 4) is 0 Å². The summed E-state index contributed by atoms with van der Waals surface area (Å²) >= 11 is 0. The van der Waals surface area contributed by atoms with E-state index in [0.29, 0.717) is 18.5 Å². The predicted molar refractivity (Wildman–Crippen MR) is 84.2 cm³/mol. The Kier molecular flexibility index (Phi) is 7.47. The molecule has 0 saturated heterocycles. The van der Waals surface area contributed by atoms with Crippen LogP contribution in [0.2, 0.25) is 0 Å². The van der Waals surface area contributed by atoms with Gasteiger partial charge in [0.05, 0.1) is 12.8 Å². The van der Waals surface area contributed by atoms with Gasteiger partial charge in [0.1, 0.15) is 5.82 Å². The molecule has 22 heavy (non-hydrogen) atoms. The average molecular weight is 330 g/mol. The van der Waals surface area contributed by atoms with Crippen molar-refractivity contribution in [1.29, 1.82) is 0 Å². The molecule has 0 aliphatic carbocycles. The number of carbonyl (C=O) groups is 1. The Morgan fingerprint density at radius 2 is 1.95 bits per heavy atom. The number of benzene rings is 1. The summed E-state index contributed by atoms with van der Waals surface area (Å²) in [6, 6.07) is 6.14. The van der Waals surface area contributed by atoms with Gasteiger partial charge in [-0.2, -0.15) is 4.31 Å². The molecular formula is C15H23FN2O3S. The Morgan fingerprint density at radius 1 is 1.27 bits per heavy atom. The molecule has 0 atom stereocenters. The van der Waals surface area contributed by atoms with Crippen LogP contribution < -0.4 is 5.32 Å². The molecule has 7 heteroatoms.